The molecule has 3 aromatic rings. The lowest BCUT2D eigenvalue weighted by Crippen LogP contribution is -2.41. The Morgan fingerprint density at radius 1 is 1.10 bits per heavy atom. The van der Waals surface area contributed by atoms with Gasteiger partial charge in [-0.3, -0.25) is 4.79 Å². The van der Waals surface area contributed by atoms with Crippen LogP contribution in [0.4, 0.5) is 0 Å². The van der Waals surface area contributed by atoms with Crippen molar-refractivity contribution in [2.45, 2.75) is 17.7 Å². The molecule has 0 bridgehead atoms. The van der Waals surface area contributed by atoms with E-state index in [2.05, 4.69) is 4.72 Å². The molecule has 1 aliphatic heterocycles. The molecule has 1 fully saturated rings. The molecule has 9 heteroatoms. The molecular weight excluding hydrogens is 447 g/mol. The Morgan fingerprint density at radius 2 is 1.83 bits per heavy atom. The summed E-state index contributed by atoms with van der Waals surface area (Å²) in [5.74, 6) is 0.305. The van der Waals surface area contributed by atoms with E-state index in [1.54, 1.807) is 11.0 Å². The number of likely N-dealkylation sites (tertiary alicyclic amines) is 1. The lowest BCUT2D eigenvalue weighted by atomic mass is 9.97. The molecule has 0 spiro atoms. The SMILES string of the molecule is O=C(c1cc2ccccc2o1)N1CCC(CNS(=O)(=O)c2cc(Cl)ccc2Cl)CC1. The van der Waals surface area contributed by atoms with E-state index in [1.165, 1.54) is 18.2 Å². The number of fused-ring (bicyclic) bond motifs is 1. The van der Waals surface area contributed by atoms with Crippen LogP contribution in [0.3, 0.4) is 0 Å². The third-order valence-electron chi connectivity index (χ3n) is 5.28. The first-order valence-corrected chi connectivity index (χ1v) is 11.8. The van der Waals surface area contributed by atoms with Gasteiger partial charge < -0.3 is 9.32 Å². The van der Waals surface area contributed by atoms with Crippen molar-refractivity contribution >= 4 is 50.1 Å². The van der Waals surface area contributed by atoms with Crippen molar-refractivity contribution in [3.8, 4) is 0 Å². The maximum Gasteiger partial charge on any atom is 0.289 e. The number of para-hydroxylation sites is 1. The molecule has 1 N–H and O–H groups in total. The van der Waals surface area contributed by atoms with Crippen LogP contribution in [-0.2, 0) is 10.0 Å². The molecule has 0 radical (unpaired) electrons. The highest BCUT2D eigenvalue weighted by Crippen LogP contribution is 2.26. The highest BCUT2D eigenvalue weighted by molar-refractivity contribution is 7.89. The fourth-order valence-corrected chi connectivity index (χ4v) is 5.45. The summed E-state index contributed by atoms with van der Waals surface area (Å²) in [5.41, 5.74) is 0.685. The lowest BCUT2D eigenvalue weighted by molar-refractivity contribution is 0.0662. The third-order valence-corrected chi connectivity index (χ3v) is 7.42. The first-order valence-electron chi connectivity index (χ1n) is 9.56. The van der Waals surface area contributed by atoms with E-state index in [1.807, 2.05) is 24.3 Å². The minimum atomic E-state index is -3.76. The van der Waals surface area contributed by atoms with Crippen LogP contribution in [0.25, 0.3) is 11.0 Å². The molecule has 1 saturated heterocycles. The van der Waals surface area contributed by atoms with Crippen LogP contribution in [-0.4, -0.2) is 38.9 Å². The Kier molecular flexibility index (Phi) is 6.06. The van der Waals surface area contributed by atoms with Crippen LogP contribution in [0.2, 0.25) is 10.0 Å². The number of carbonyl (C=O) groups excluding carboxylic acids is 1. The van der Waals surface area contributed by atoms with E-state index < -0.39 is 10.0 Å². The molecule has 30 heavy (non-hydrogen) atoms. The molecule has 0 unspecified atom stereocenters. The zero-order valence-corrected chi connectivity index (χ0v) is 18.3. The second-order valence-electron chi connectivity index (χ2n) is 7.31. The van der Waals surface area contributed by atoms with E-state index in [-0.39, 0.29) is 28.3 Å². The van der Waals surface area contributed by atoms with E-state index in [0.717, 1.165) is 5.39 Å². The lowest BCUT2D eigenvalue weighted by Gasteiger charge is -2.31. The number of piperidine rings is 1. The van der Waals surface area contributed by atoms with Gasteiger partial charge in [0.1, 0.15) is 10.5 Å². The maximum atomic E-state index is 12.7. The molecule has 0 atom stereocenters. The normalized spacial score (nSPS) is 15.6. The fourth-order valence-electron chi connectivity index (χ4n) is 3.57. The van der Waals surface area contributed by atoms with Crippen LogP contribution >= 0.6 is 23.2 Å². The highest BCUT2D eigenvalue weighted by Gasteiger charge is 2.27. The Labute approximate surface area is 184 Å². The van der Waals surface area contributed by atoms with Crippen molar-refractivity contribution in [2.75, 3.05) is 19.6 Å². The van der Waals surface area contributed by atoms with Crippen LogP contribution in [0.15, 0.2) is 57.8 Å². The fraction of sp³-hybridized carbons (Fsp3) is 0.286. The molecule has 6 nitrogen and oxygen atoms in total. The second kappa shape index (κ2) is 8.59. The number of carbonyl (C=O) groups is 1. The maximum absolute atomic E-state index is 12.7. The molecular formula is C21H20Cl2N2O4S. The molecule has 1 amide bonds. The van der Waals surface area contributed by atoms with Gasteiger partial charge >= 0.3 is 0 Å². The average Bonchev–Trinajstić information content (AvgIpc) is 3.18. The average molecular weight is 467 g/mol. The van der Waals surface area contributed by atoms with Crippen LogP contribution in [0.5, 0.6) is 0 Å². The van der Waals surface area contributed by atoms with Crippen molar-refractivity contribution in [3.05, 3.63) is 64.3 Å². The Balaban J connectivity index is 1.34. The molecule has 1 aromatic heterocycles. The first kappa shape index (κ1) is 21.2. The number of nitrogens with one attached hydrogen (secondary N) is 1. The Hall–Kier alpha value is -2.06. The molecule has 0 saturated carbocycles. The van der Waals surface area contributed by atoms with Gasteiger partial charge in [-0.2, -0.15) is 0 Å². The second-order valence-corrected chi connectivity index (χ2v) is 9.89. The van der Waals surface area contributed by atoms with Gasteiger partial charge in [0.05, 0.1) is 5.02 Å². The van der Waals surface area contributed by atoms with E-state index in [0.29, 0.717) is 42.3 Å². The number of benzene rings is 2. The van der Waals surface area contributed by atoms with Gasteiger partial charge in [-0.05, 0) is 49.1 Å². The minimum Gasteiger partial charge on any atom is -0.451 e. The number of rotatable bonds is 5. The van der Waals surface area contributed by atoms with Gasteiger partial charge in [0, 0.05) is 30.0 Å². The van der Waals surface area contributed by atoms with E-state index >= 15 is 0 Å². The van der Waals surface area contributed by atoms with Crippen molar-refractivity contribution in [1.29, 1.82) is 0 Å². The van der Waals surface area contributed by atoms with Gasteiger partial charge in [-0.15, -0.1) is 0 Å². The topological polar surface area (TPSA) is 79.6 Å². The smallest absolute Gasteiger partial charge is 0.289 e. The molecule has 0 aliphatic carbocycles. The van der Waals surface area contributed by atoms with Gasteiger partial charge in [0.15, 0.2) is 5.76 Å². The number of hydrogen-bond donors (Lipinski definition) is 1. The monoisotopic (exact) mass is 466 g/mol. The number of halogens is 2. The van der Waals surface area contributed by atoms with E-state index in [9.17, 15) is 13.2 Å². The number of sulfonamides is 1. The molecule has 1 aliphatic rings. The van der Waals surface area contributed by atoms with Gasteiger partial charge in [0.2, 0.25) is 10.0 Å². The summed E-state index contributed by atoms with van der Waals surface area (Å²) in [6, 6.07) is 13.6. The summed E-state index contributed by atoms with van der Waals surface area (Å²) in [5, 5.41) is 1.32. The van der Waals surface area contributed by atoms with Crippen molar-refractivity contribution in [1.82, 2.24) is 9.62 Å². The zero-order valence-electron chi connectivity index (χ0n) is 16.0. The number of furan rings is 1. The van der Waals surface area contributed by atoms with E-state index in [4.69, 9.17) is 27.6 Å². The Morgan fingerprint density at radius 3 is 2.57 bits per heavy atom. The number of amides is 1. The third kappa shape index (κ3) is 4.49. The standard InChI is InChI=1S/C21H20Cl2N2O4S/c22-16-5-6-17(23)20(12-16)30(27,28)24-13-14-7-9-25(10-8-14)21(26)19-11-15-3-1-2-4-18(15)29-19/h1-6,11-12,14,24H,7-10,13H2. The van der Waals surface area contributed by atoms with Crippen LogP contribution < -0.4 is 4.72 Å². The predicted molar refractivity (Wildman–Crippen MR) is 116 cm³/mol. The summed E-state index contributed by atoms with van der Waals surface area (Å²) < 4.78 is 33.4. The number of nitrogens with zero attached hydrogens (tertiary/aromatic N) is 1. The van der Waals surface area contributed by atoms with Crippen molar-refractivity contribution in [2.24, 2.45) is 5.92 Å². The minimum absolute atomic E-state index is 0.0332. The largest absolute Gasteiger partial charge is 0.451 e. The quantitative estimate of drug-likeness (QED) is 0.596. The summed E-state index contributed by atoms with van der Waals surface area (Å²) in [4.78, 5) is 14.5. The predicted octanol–water partition coefficient (Wildman–Crippen LogP) is 4.57. The molecule has 158 valence electrons. The summed E-state index contributed by atoms with van der Waals surface area (Å²) in [6.45, 7) is 1.36. The Bertz CT molecular complexity index is 1150. The van der Waals surface area contributed by atoms with Gasteiger partial charge in [0.25, 0.3) is 5.91 Å². The molecule has 4 rings (SSSR count). The zero-order chi connectivity index (χ0) is 21.3. The van der Waals surface area contributed by atoms with Crippen molar-refractivity contribution in [3.63, 3.8) is 0 Å². The summed E-state index contributed by atoms with van der Waals surface area (Å²) in [7, 11) is -3.76. The molecule has 2 heterocycles. The number of hydrogen-bond acceptors (Lipinski definition) is 4. The van der Waals surface area contributed by atoms with Gasteiger partial charge in [-0.25, -0.2) is 13.1 Å². The summed E-state index contributed by atoms with van der Waals surface area (Å²) in [6.07, 6.45) is 1.38. The summed E-state index contributed by atoms with van der Waals surface area (Å²) >= 11 is 11.9. The first-order chi connectivity index (χ1) is 14.3. The highest BCUT2D eigenvalue weighted by atomic mass is 35.5. The van der Waals surface area contributed by atoms with Crippen molar-refractivity contribution < 1.29 is 17.6 Å². The van der Waals surface area contributed by atoms with Crippen LogP contribution in [0.1, 0.15) is 23.4 Å². The van der Waals surface area contributed by atoms with Gasteiger partial charge in [-0.1, -0.05) is 41.4 Å². The molecule has 2 aromatic carbocycles. The van der Waals surface area contributed by atoms with Crippen LogP contribution in [0, 0.1) is 5.92 Å².